The normalized spacial score (nSPS) is 11.8. The van der Waals surface area contributed by atoms with E-state index in [0.717, 1.165) is 155 Å². The molecule has 0 aliphatic rings. The first kappa shape index (κ1) is 64.0. The average molecular weight is 1430 g/mol. The van der Waals surface area contributed by atoms with E-state index >= 15 is 0 Å². The molecule has 22 aromatic rings. The lowest BCUT2D eigenvalue weighted by molar-refractivity contribution is 0.953. The summed E-state index contributed by atoms with van der Waals surface area (Å²) in [5.74, 6) is 3.40. The number of aromatic nitrogens is 10. The zero-order valence-corrected chi connectivity index (χ0v) is 60.4. The second-order valence-electron chi connectivity index (χ2n) is 28.6. The van der Waals surface area contributed by atoms with Crippen molar-refractivity contribution in [2.75, 3.05) is 0 Å². The summed E-state index contributed by atoms with van der Waals surface area (Å²) in [6.07, 6.45) is 0. The molecule has 0 saturated heterocycles. The number of benzene rings is 16. The largest absolute Gasteiger partial charge is 0.307 e. The van der Waals surface area contributed by atoms with Crippen molar-refractivity contribution in [1.82, 2.24) is 48.2 Å². The summed E-state index contributed by atoms with van der Waals surface area (Å²) >= 11 is 0. The van der Waals surface area contributed by atoms with Crippen molar-refractivity contribution in [3.05, 3.63) is 388 Å². The average Bonchev–Trinajstić information content (AvgIpc) is 1.55. The third-order valence-corrected chi connectivity index (χ3v) is 22.1. The molecular formula is C102H64N10. The van der Waals surface area contributed by atoms with Gasteiger partial charge in [-0.2, -0.15) is 9.97 Å². The van der Waals surface area contributed by atoms with Gasteiger partial charge in [-0.3, -0.25) is 4.57 Å². The predicted octanol–water partition coefficient (Wildman–Crippen LogP) is 25.4. The Labute approximate surface area is 644 Å². The molecule has 10 nitrogen and oxygen atoms in total. The Morgan fingerprint density at radius 1 is 0.143 bits per heavy atom. The van der Waals surface area contributed by atoms with Crippen LogP contribution in [0.25, 0.3) is 212 Å². The number of hydrogen-bond acceptors (Lipinski definition) is 6. The molecule has 0 bridgehead atoms. The van der Waals surface area contributed by atoms with Gasteiger partial charge >= 0.3 is 0 Å². The minimum atomic E-state index is 0.527. The molecule has 22 rings (SSSR count). The van der Waals surface area contributed by atoms with Gasteiger partial charge in [0.25, 0.3) is 0 Å². The van der Waals surface area contributed by atoms with E-state index in [2.05, 4.69) is 376 Å². The molecule has 0 N–H and O–H groups in total. The first-order valence-electron chi connectivity index (χ1n) is 37.8. The molecule has 16 aromatic carbocycles. The number of rotatable bonds is 13. The third-order valence-electron chi connectivity index (χ3n) is 22.1. The van der Waals surface area contributed by atoms with Gasteiger partial charge in [-0.15, -0.1) is 0 Å². The number of para-hydroxylation sites is 5. The van der Waals surface area contributed by atoms with Crippen LogP contribution in [0.4, 0.5) is 0 Å². The van der Waals surface area contributed by atoms with E-state index in [1.165, 1.54) is 21.5 Å². The molecule has 0 unspecified atom stereocenters. The van der Waals surface area contributed by atoms with Gasteiger partial charge in [0.15, 0.2) is 29.1 Å². The lowest BCUT2D eigenvalue weighted by atomic mass is 9.97. The van der Waals surface area contributed by atoms with Crippen molar-refractivity contribution in [2.45, 2.75) is 0 Å². The van der Waals surface area contributed by atoms with Gasteiger partial charge in [0.05, 0.1) is 44.1 Å². The molecular weight excluding hydrogens is 1370 g/mol. The van der Waals surface area contributed by atoms with E-state index in [0.29, 0.717) is 35.1 Å². The lowest BCUT2D eigenvalue weighted by Crippen LogP contribution is -2.07. The summed E-state index contributed by atoms with van der Waals surface area (Å²) in [6, 6.07) is 138. The zero-order valence-electron chi connectivity index (χ0n) is 60.4. The van der Waals surface area contributed by atoms with Crippen LogP contribution < -0.4 is 0 Å². The maximum absolute atomic E-state index is 5.47. The highest BCUT2D eigenvalue weighted by molar-refractivity contribution is 6.25. The molecule has 112 heavy (non-hydrogen) atoms. The van der Waals surface area contributed by atoms with Gasteiger partial charge in [-0.05, 0) is 117 Å². The van der Waals surface area contributed by atoms with Crippen LogP contribution >= 0.6 is 0 Å². The highest BCUT2D eigenvalue weighted by Gasteiger charge is 2.27. The Morgan fingerprint density at radius 3 is 0.804 bits per heavy atom. The highest BCUT2D eigenvalue weighted by atomic mass is 15.2. The van der Waals surface area contributed by atoms with Crippen LogP contribution in [0.1, 0.15) is 0 Å². The predicted molar refractivity (Wildman–Crippen MR) is 459 cm³/mol. The first-order chi connectivity index (χ1) is 55.5. The monoisotopic (exact) mass is 1430 g/mol. The standard InChI is InChI=1S/C102H64N10/c1-5-25-65(26-6-1)67-49-53-70(54-50-67)97-103-100(106-101(104-97)77-36-24-40-80(64-77)111-91-47-19-14-42-82(91)86-58-57-85-81-41-13-17-45-89(81)109(93(85)94(86)111)78-37-11-4-12-38-78)76-35-22-33-74(62-76)72-31-21-32-73(61-72)75-34-23-39-79(63-75)110-90-46-18-15-43-83(90)87-59-60-88-84-44-16-20-48-92(84)112(96(88)95(87)110)102-107-98(69-29-9-3-10-30-69)105-99(108-102)71-55-51-68(52-56-71)66-27-7-2-8-28-66/h1-64H. The van der Waals surface area contributed by atoms with Gasteiger partial charge in [0, 0.05) is 88.0 Å². The Bertz CT molecular complexity index is 7470. The summed E-state index contributed by atoms with van der Waals surface area (Å²) in [5.41, 5.74) is 24.9. The van der Waals surface area contributed by atoms with Gasteiger partial charge in [0.2, 0.25) is 5.95 Å². The fourth-order valence-corrected chi connectivity index (χ4v) is 16.9. The number of fused-ring (bicyclic) bond motifs is 14. The molecule has 0 amide bonds. The van der Waals surface area contributed by atoms with Crippen LogP contribution in [0, 0.1) is 0 Å². The van der Waals surface area contributed by atoms with Crippen LogP contribution in [-0.2, 0) is 0 Å². The van der Waals surface area contributed by atoms with Gasteiger partial charge in [-0.25, -0.2) is 19.9 Å². The number of hydrogen-bond donors (Lipinski definition) is 0. The topological polar surface area (TPSA) is 97.1 Å². The van der Waals surface area contributed by atoms with Crippen molar-refractivity contribution in [2.24, 2.45) is 0 Å². The van der Waals surface area contributed by atoms with Crippen molar-refractivity contribution in [3.63, 3.8) is 0 Å². The maximum Gasteiger partial charge on any atom is 0.238 e. The van der Waals surface area contributed by atoms with E-state index < -0.39 is 0 Å². The molecule has 0 atom stereocenters. The second-order valence-corrected chi connectivity index (χ2v) is 28.6. The molecule has 0 radical (unpaired) electrons. The molecule has 0 spiro atoms. The maximum atomic E-state index is 5.47. The summed E-state index contributed by atoms with van der Waals surface area (Å²) in [6.45, 7) is 0. The molecule has 0 fully saturated rings. The highest BCUT2D eigenvalue weighted by Crippen LogP contribution is 2.46. The number of nitrogens with zero attached hydrogens (tertiary/aromatic N) is 10. The van der Waals surface area contributed by atoms with E-state index in [4.69, 9.17) is 29.9 Å². The summed E-state index contributed by atoms with van der Waals surface area (Å²) in [5, 5.41) is 9.17. The van der Waals surface area contributed by atoms with Crippen molar-refractivity contribution < 1.29 is 0 Å². The minimum absolute atomic E-state index is 0.527. The Balaban J connectivity index is 0.665. The van der Waals surface area contributed by atoms with Crippen LogP contribution in [0.15, 0.2) is 388 Å². The minimum Gasteiger partial charge on any atom is -0.307 e. The Morgan fingerprint density at radius 2 is 0.384 bits per heavy atom. The molecule has 10 heteroatoms. The van der Waals surface area contributed by atoms with Crippen LogP contribution in [0.3, 0.4) is 0 Å². The molecule has 0 aliphatic heterocycles. The summed E-state index contributed by atoms with van der Waals surface area (Å²) < 4.78 is 9.55. The molecule has 0 saturated carbocycles. The van der Waals surface area contributed by atoms with E-state index in [9.17, 15) is 0 Å². The van der Waals surface area contributed by atoms with Crippen LogP contribution in [-0.4, -0.2) is 48.2 Å². The third kappa shape index (κ3) is 10.7. The quantitative estimate of drug-likeness (QED) is 0.114. The van der Waals surface area contributed by atoms with E-state index in [-0.39, 0.29) is 0 Å². The van der Waals surface area contributed by atoms with Crippen molar-refractivity contribution in [3.8, 4) is 124 Å². The SMILES string of the molecule is c1ccc(-c2ccc(-c3nc(-c4cccc(-c5cccc(-c6cccc(-n7c8ccccc8c8ccc9c%10ccccc%10n(-c%10nc(-c%11ccccc%11)nc(-c%11ccc(-c%12ccccc%12)cc%11)n%10)c9c87)c6)c5)c4)nc(-c4cccc(-n5c6ccccc6c6ccc7c8ccccc8n(-c8ccccc8)c7c65)c4)n3)cc2)cc1. The van der Waals surface area contributed by atoms with E-state index in [1.54, 1.807) is 0 Å². The van der Waals surface area contributed by atoms with Crippen LogP contribution in [0.2, 0.25) is 0 Å². The molecule has 0 aliphatic carbocycles. The fraction of sp³-hybridized carbons (Fsp3) is 0. The van der Waals surface area contributed by atoms with Crippen LogP contribution in [0.5, 0.6) is 0 Å². The van der Waals surface area contributed by atoms with Gasteiger partial charge in [0.1, 0.15) is 0 Å². The van der Waals surface area contributed by atoms with E-state index in [1.807, 2.05) is 30.3 Å². The summed E-state index contributed by atoms with van der Waals surface area (Å²) in [4.78, 5) is 32.3. The molecule has 522 valence electrons. The summed E-state index contributed by atoms with van der Waals surface area (Å²) in [7, 11) is 0. The zero-order chi connectivity index (χ0) is 73.7. The fourth-order valence-electron chi connectivity index (χ4n) is 16.9. The van der Waals surface area contributed by atoms with Crippen molar-refractivity contribution in [1.29, 1.82) is 0 Å². The molecule has 6 heterocycles. The van der Waals surface area contributed by atoms with Crippen molar-refractivity contribution >= 4 is 87.2 Å². The van der Waals surface area contributed by atoms with Gasteiger partial charge < -0.3 is 13.7 Å². The smallest absolute Gasteiger partial charge is 0.238 e. The second kappa shape index (κ2) is 26.3. The first-order valence-corrected chi connectivity index (χ1v) is 37.8. The Kier molecular flexibility index (Phi) is 15.0. The lowest BCUT2D eigenvalue weighted by Gasteiger charge is -2.14. The Hall–Kier alpha value is -15.3. The molecule has 6 aromatic heterocycles. The van der Waals surface area contributed by atoms with Gasteiger partial charge in [-0.1, -0.05) is 315 Å².